The topological polar surface area (TPSA) is 35.0 Å². The van der Waals surface area contributed by atoms with E-state index < -0.39 is 0 Å². The zero-order chi connectivity index (χ0) is 12.3. The fourth-order valence-corrected chi connectivity index (χ4v) is 1.80. The molecule has 0 atom stereocenters. The summed E-state index contributed by atoms with van der Waals surface area (Å²) in [6.07, 6.45) is 2.46. The summed E-state index contributed by atoms with van der Waals surface area (Å²) >= 11 is 9.06. The molecule has 0 amide bonds. The zero-order valence-corrected chi connectivity index (χ0v) is 11.5. The van der Waals surface area contributed by atoms with E-state index in [2.05, 4.69) is 32.8 Å². The first-order valence-corrected chi connectivity index (χ1v) is 6.31. The number of para-hydroxylation sites is 1. The van der Waals surface area contributed by atoms with E-state index in [1.165, 1.54) is 0 Å². The molecule has 5 heteroatoms. The normalized spacial score (nSPS) is 10.3. The Labute approximate surface area is 113 Å². The highest BCUT2D eigenvalue weighted by atomic mass is 79.9. The van der Waals surface area contributed by atoms with Crippen molar-refractivity contribution in [3.05, 3.63) is 45.8 Å². The molecule has 2 rings (SSSR count). The van der Waals surface area contributed by atoms with Gasteiger partial charge in [-0.05, 0) is 45.6 Å². The summed E-state index contributed by atoms with van der Waals surface area (Å²) in [5, 5.41) is 0.164. The van der Waals surface area contributed by atoms with Gasteiger partial charge in [-0.15, -0.1) is 0 Å². The van der Waals surface area contributed by atoms with Gasteiger partial charge in [-0.2, -0.15) is 4.98 Å². The number of rotatable bonds is 3. The Morgan fingerprint density at radius 1 is 1.35 bits per heavy atom. The smallest absolute Gasteiger partial charge is 0.237 e. The summed E-state index contributed by atoms with van der Waals surface area (Å²) in [7, 11) is 0. The van der Waals surface area contributed by atoms with Gasteiger partial charge in [0, 0.05) is 6.20 Å². The van der Waals surface area contributed by atoms with Crippen LogP contribution in [0.4, 0.5) is 0 Å². The van der Waals surface area contributed by atoms with E-state index in [4.69, 9.17) is 16.3 Å². The van der Waals surface area contributed by atoms with Crippen LogP contribution >= 0.6 is 27.5 Å². The van der Waals surface area contributed by atoms with Crippen LogP contribution < -0.4 is 4.74 Å². The lowest BCUT2D eigenvalue weighted by Gasteiger charge is -2.09. The lowest BCUT2D eigenvalue weighted by molar-refractivity contribution is 0.453. The first kappa shape index (κ1) is 12.3. The third-order valence-corrected chi connectivity index (χ3v) is 2.97. The van der Waals surface area contributed by atoms with Crippen molar-refractivity contribution in [2.75, 3.05) is 0 Å². The molecular formula is C12H10BrClN2O. The summed E-state index contributed by atoms with van der Waals surface area (Å²) in [4.78, 5) is 7.88. The molecule has 1 aromatic heterocycles. The summed E-state index contributed by atoms with van der Waals surface area (Å²) in [6, 6.07) is 7.83. The van der Waals surface area contributed by atoms with Gasteiger partial charge in [0.1, 0.15) is 5.75 Å². The SMILES string of the molecule is CCc1ccccc1Oc1nc(Cl)ncc1Br. The number of halogens is 2. The highest BCUT2D eigenvalue weighted by Crippen LogP contribution is 2.30. The summed E-state index contributed by atoms with van der Waals surface area (Å²) in [5.41, 5.74) is 1.12. The van der Waals surface area contributed by atoms with Crippen LogP contribution in [0.1, 0.15) is 12.5 Å². The molecule has 88 valence electrons. The Morgan fingerprint density at radius 3 is 2.88 bits per heavy atom. The van der Waals surface area contributed by atoms with Crippen LogP contribution in [0.5, 0.6) is 11.6 Å². The van der Waals surface area contributed by atoms with Crippen LogP contribution in [0.25, 0.3) is 0 Å². The van der Waals surface area contributed by atoms with Crippen molar-refractivity contribution in [3.8, 4) is 11.6 Å². The molecule has 0 N–H and O–H groups in total. The minimum atomic E-state index is 0.164. The maximum Gasteiger partial charge on any atom is 0.237 e. The van der Waals surface area contributed by atoms with Crippen molar-refractivity contribution in [2.45, 2.75) is 13.3 Å². The molecule has 0 fully saturated rings. The molecule has 0 bridgehead atoms. The predicted octanol–water partition coefficient (Wildman–Crippen LogP) is 4.25. The molecule has 0 saturated carbocycles. The van der Waals surface area contributed by atoms with Gasteiger partial charge in [0.25, 0.3) is 0 Å². The van der Waals surface area contributed by atoms with Gasteiger partial charge >= 0.3 is 0 Å². The lowest BCUT2D eigenvalue weighted by Crippen LogP contribution is -1.94. The van der Waals surface area contributed by atoms with Crippen molar-refractivity contribution in [3.63, 3.8) is 0 Å². The maximum atomic E-state index is 5.73. The Kier molecular flexibility index (Phi) is 3.97. The Hall–Kier alpha value is -1.13. The molecule has 3 nitrogen and oxygen atoms in total. The maximum absolute atomic E-state index is 5.73. The van der Waals surface area contributed by atoms with E-state index in [0.29, 0.717) is 10.4 Å². The summed E-state index contributed by atoms with van der Waals surface area (Å²) < 4.78 is 6.40. The number of hydrogen-bond donors (Lipinski definition) is 0. The molecule has 2 aromatic rings. The minimum absolute atomic E-state index is 0.164. The Balaban J connectivity index is 2.34. The standard InChI is InChI=1S/C12H10BrClN2O/c1-2-8-5-3-4-6-10(8)17-11-9(13)7-15-12(14)16-11/h3-7H,2H2,1H3. The molecule has 0 saturated heterocycles. The summed E-state index contributed by atoms with van der Waals surface area (Å²) in [5.74, 6) is 1.20. The molecule has 0 unspecified atom stereocenters. The average Bonchev–Trinajstić information content (AvgIpc) is 2.34. The van der Waals surface area contributed by atoms with Crippen molar-refractivity contribution in [1.82, 2.24) is 9.97 Å². The van der Waals surface area contributed by atoms with Crippen molar-refractivity contribution >= 4 is 27.5 Å². The number of hydrogen-bond acceptors (Lipinski definition) is 3. The van der Waals surface area contributed by atoms with Crippen molar-refractivity contribution in [2.24, 2.45) is 0 Å². The number of ether oxygens (including phenoxy) is 1. The molecule has 17 heavy (non-hydrogen) atoms. The van der Waals surface area contributed by atoms with Crippen LogP contribution in [0.2, 0.25) is 5.28 Å². The first-order chi connectivity index (χ1) is 8.20. The van der Waals surface area contributed by atoms with Gasteiger partial charge in [-0.1, -0.05) is 25.1 Å². The zero-order valence-electron chi connectivity index (χ0n) is 9.15. The molecule has 1 aromatic carbocycles. The van der Waals surface area contributed by atoms with Crippen LogP contribution in [-0.4, -0.2) is 9.97 Å². The monoisotopic (exact) mass is 312 g/mol. The van der Waals surface area contributed by atoms with Gasteiger partial charge in [0.2, 0.25) is 11.2 Å². The fourth-order valence-electron chi connectivity index (χ4n) is 1.40. The van der Waals surface area contributed by atoms with E-state index >= 15 is 0 Å². The number of aromatic nitrogens is 2. The van der Waals surface area contributed by atoms with Gasteiger partial charge in [0.15, 0.2) is 0 Å². The molecule has 0 spiro atoms. The van der Waals surface area contributed by atoms with Crippen molar-refractivity contribution < 1.29 is 4.74 Å². The molecule has 0 aliphatic heterocycles. The Bertz CT molecular complexity index is 534. The minimum Gasteiger partial charge on any atom is -0.437 e. The van der Waals surface area contributed by atoms with Crippen LogP contribution in [0, 0.1) is 0 Å². The van der Waals surface area contributed by atoms with E-state index in [1.807, 2.05) is 24.3 Å². The number of nitrogens with zero attached hydrogens (tertiary/aromatic N) is 2. The van der Waals surface area contributed by atoms with Crippen molar-refractivity contribution in [1.29, 1.82) is 0 Å². The molecule has 0 radical (unpaired) electrons. The number of benzene rings is 1. The average molecular weight is 314 g/mol. The second-order valence-corrected chi connectivity index (χ2v) is 4.55. The number of aryl methyl sites for hydroxylation is 1. The fraction of sp³-hybridized carbons (Fsp3) is 0.167. The van der Waals surface area contributed by atoms with E-state index in [9.17, 15) is 0 Å². The van der Waals surface area contributed by atoms with Gasteiger partial charge in [0.05, 0.1) is 4.47 Å². The molecule has 1 heterocycles. The van der Waals surface area contributed by atoms with E-state index in [-0.39, 0.29) is 5.28 Å². The highest BCUT2D eigenvalue weighted by Gasteiger charge is 2.08. The second kappa shape index (κ2) is 5.47. The molecule has 0 aliphatic rings. The Morgan fingerprint density at radius 2 is 2.12 bits per heavy atom. The van der Waals surface area contributed by atoms with E-state index in [1.54, 1.807) is 6.20 Å². The summed E-state index contributed by atoms with van der Waals surface area (Å²) in [6.45, 7) is 2.07. The largest absolute Gasteiger partial charge is 0.437 e. The highest BCUT2D eigenvalue weighted by molar-refractivity contribution is 9.10. The van der Waals surface area contributed by atoms with Crippen LogP contribution in [0.15, 0.2) is 34.9 Å². The second-order valence-electron chi connectivity index (χ2n) is 3.36. The van der Waals surface area contributed by atoms with Crippen LogP contribution in [0.3, 0.4) is 0 Å². The van der Waals surface area contributed by atoms with Gasteiger partial charge in [-0.3, -0.25) is 0 Å². The van der Waals surface area contributed by atoms with Crippen LogP contribution in [-0.2, 0) is 6.42 Å². The third kappa shape index (κ3) is 2.96. The lowest BCUT2D eigenvalue weighted by atomic mass is 10.1. The molecular weight excluding hydrogens is 304 g/mol. The predicted molar refractivity (Wildman–Crippen MR) is 70.6 cm³/mol. The third-order valence-electron chi connectivity index (χ3n) is 2.24. The van der Waals surface area contributed by atoms with Gasteiger partial charge < -0.3 is 4.74 Å². The van der Waals surface area contributed by atoms with Gasteiger partial charge in [-0.25, -0.2) is 4.98 Å². The first-order valence-electron chi connectivity index (χ1n) is 5.14. The quantitative estimate of drug-likeness (QED) is 0.795. The molecule has 0 aliphatic carbocycles. The van der Waals surface area contributed by atoms with E-state index in [0.717, 1.165) is 17.7 Å².